The minimum absolute atomic E-state index is 0.117. The van der Waals surface area contributed by atoms with Crippen molar-refractivity contribution in [2.75, 3.05) is 0 Å². The fourth-order valence-corrected chi connectivity index (χ4v) is 5.19. The molecule has 2 aromatic carbocycles. The van der Waals surface area contributed by atoms with E-state index < -0.39 is 0 Å². The first-order valence-corrected chi connectivity index (χ1v) is 10.4. The molecule has 0 radical (unpaired) electrons. The summed E-state index contributed by atoms with van der Waals surface area (Å²) < 4.78 is 7.57. The smallest absolute Gasteiger partial charge is 0.198 e. The lowest BCUT2D eigenvalue weighted by Gasteiger charge is -2.46. The Kier molecular flexibility index (Phi) is 4.00. The molecule has 134 valence electrons. The molecule has 0 bridgehead atoms. The number of rotatable bonds is 1. The zero-order valence-electron chi connectivity index (χ0n) is 14.0. The summed E-state index contributed by atoms with van der Waals surface area (Å²) in [5, 5.41) is 8.44. The quantitative estimate of drug-likeness (QED) is 0.489. The van der Waals surface area contributed by atoms with Gasteiger partial charge in [-0.3, -0.25) is 0 Å². The highest BCUT2D eigenvalue weighted by atomic mass is 79.9. The summed E-state index contributed by atoms with van der Waals surface area (Å²) in [6.07, 6.45) is 5.06. The third kappa shape index (κ3) is 2.57. The van der Waals surface area contributed by atoms with Gasteiger partial charge in [-0.1, -0.05) is 51.3 Å². The summed E-state index contributed by atoms with van der Waals surface area (Å²) in [4.78, 5) is 0. The van der Waals surface area contributed by atoms with Crippen LogP contribution < -0.4 is 4.74 Å². The molecule has 1 aliphatic carbocycles. The zero-order valence-corrected chi connectivity index (χ0v) is 17.1. The molecule has 26 heavy (non-hydrogen) atoms. The fraction of sp³-hybridized carbons (Fsp3) is 0.350. The summed E-state index contributed by atoms with van der Waals surface area (Å²) in [6, 6.07) is 12.2. The Morgan fingerprint density at radius 3 is 2.58 bits per heavy atom. The summed E-state index contributed by atoms with van der Waals surface area (Å²) >= 11 is 16.3. The predicted molar refractivity (Wildman–Crippen MR) is 108 cm³/mol. The maximum atomic E-state index is 6.50. The first-order chi connectivity index (χ1) is 12.6. The Bertz CT molecular complexity index is 907. The number of halogens is 3. The highest BCUT2D eigenvalue weighted by molar-refractivity contribution is 9.10. The normalized spacial score (nSPS) is 22.8. The molecule has 2 aliphatic heterocycles. The van der Waals surface area contributed by atoms with E-state index in [4.69, 9.17) is 33.0 Å². The average molecular weight is 452 g/mol. The van der Waals surface area contributed by atoms with Crippen molar-refractivity contribution >= 4 is 44.8 Å². The number of hydrazone groups is 1. The first kappa shape index (κ1) is 16.9. The summed E-state index contributed by atoms with van der Waals surface area (Å²) in [6.45, 7) is 0. The van der Waals surface area contributed by atoms with Crippen molar-refractivity contribution < 1.29 is 4.74 Å². The van der Waals surface area contributed by atoms with Crippen LogP contribution in [0.3, 0.4) is 0 Å². The van der Waals surface area contributed by atoms with Gasteiger partial charge in [0.1, 0.15) is 5.75 Å². The second-order valence-corrected chi connectivity index (χ2v) is 8.94. The van der Waals surface area contributed by atoms with Crippen LogP contribution in [0, 0.1) is 0 Å². The van der Waals surface area contributed by atoms with Gasteiger partial charge in [-0.2, -0.15) is 5.10 Å². The second-order valence-electron chi connectivity index (χ2n) is 7.18. The van der Waals surface area contributed by atoms with Crippen molar-refractivity contribution in [2.24, 2.45) is 5.10 Å². The summed E-state index contributed by atoms with van der Waals surface area (Å²) in [7, 11) is 0. The van der Waals surface area contributed by atoms with E-state index in [2.05, 4.69) is 45.2 Å². The van der Waals surface area contributed by atoms with Gasteiger partial charge in [-0.15, -0.1) is 0 Å². The molecule has 5 rings (SSSR count). The molecule has 1 fully saturated rings. The third-order valence-electron chi connectivity index (χ3n) is 5.58. The molecular formula is C20H17BrCl2N2O. The van der Waals surface area contributed by atoms with Gasteiger partial charge in [0.15, 0.2) is 5.72 Å². The van der Waals surface area contributed by atoms with E-state index >= 15 is 0 Å². The first-order valence-electron chi connectivity index (χ1n) is 8.86. The highest BCUT2D eigenvalue weighted by Gasteiger charge is 2.52. The predicted octanol–water partition coefficient (Wildman–Crippen LogP) is 6.57. The van der Waals surface area contributed by atoms with Gasteiger partial charge >= 0.3 is 0 Å². The van der Waals surface area contributed by atoms with Gasteiger partial charge in [-0.05, 0) is 42.7 Å². The lowest BCUT2D eigenvalue weighted by molar-refractivity contribution is -0.114. The van der Waals surface area contributed by atoms with Crippen molar-refractivity contribution in [1.82, 2.24) is 5.01 Å². The minimum Gasteiger partial charge on any atom is -0.465 e. The van der Waals surface area contributed by atoms with Crippen molar-refractivity contribution in [1.29, 1.82) is 0 Å². The molecule has 6 heteroatoms. The molecule has 3 aliphatic rings. The molecule has 0 amide bonds. The number of benzene rings is 2. The van der Waals surface area contributed by atoms with Gasteiger partial charge in [0.25, 0.3) is 0 Å². The highest BCUT2D eigenvalue weighted by Crippen LogP contribution is 2.54. The fourth-order valence-electron chi connectivity index (χ4n) is 4.38. The van der Waals surface area contributed by atoms with E-state index in [1.54, 1.807) is 6.07 Å². The van der Waals surface area contributed by atoms with E-state index in [0.29, 0.717) is 10.0 Å². The van der Waals surface area contributed by atoms with Gasteiger partial charge in [0.2, 0.25) is 0 Å². The van der Waals surface area contributed by atoms with E-state index in [0.717, 1.165) is 59.2 Å². The van der Waals surface area contributed by atoms with E-state index in [1.165, 1.54) is 0 Å². The van der Waals surface area contributed by atoms with Crippen LogP contribution in [-0.4, -0.2) is 16.4 Å². The number of hydrogen-bond acceptors (Lipinski definition) is 3. The van der Waals surface area contributed by atoms with Crippen LogP contribution in [0.5, 0.6) is 5.75 Å². The van der Waals surface area contributed by atoms with E-state index in [1.807, 2.05) is 6.07 Å². The standard InChI is InChI=1S/C20H17BrCl2N2O/c21-13-5-3-12(4-6-13)17-11-18-15-9-14(22)10-16(23)19(15)26-20(25(18)24-17)7-1-2-8-20/h3-6,9-10,18H,1-2,7-8,11H2. The topological polar surface area (TPSA) is 24.8 Å². The molecule has 2 heterocycles. The van der Waals surface area contributed by atoms with Crippen LogP contribution in [0.1, 0.15) is 49.3 Å². The molecule has 0 aromatic heterocycles. The largest absolute Gasteiger partial charge is 0.465 e. The van der Waals surface area contributed by atoms with Crippen molar-refractivity contribution in [3.05, 3.63) is 62.0 Å². The molecular weight excluding hydrogens is 435 g/mol. The SMILES string of the molecule is Clc1cc(Cl)c2c(c1)C1CC(c3ccc(Br)cc3)=NN1C1(CCCC1)O2. The Labute approximate surface area is 171 Å². The van der Waals surface area contributed by atoms with Crippen LogP contribution in [0.15, 0.2) is 46.0 Å². The molecule has 1 atom stereocenters. The number of nitrogens with zero attached hydrogens (tertiary/aromatic N) is 2. The van der Waals surface area contributed by atoms with Crippen LogP contribution in [0.25, 0.3) is 0 Å². The van der Waals surface area contributed by atoms with Crippen molar-refractivity contribution in [3.8, 4) is 5.75 Å². The lowest BCUT2D eigenvalue weighted by atomic mass is 9.94. The molecule has 3 nitrogen and oxygen atoms in total. The van der Waals surface area contributed by atoms with E-state index in [-0.39, 0.29) is 11.8 Å². The Hall–Kier alpha value is -1.23. The second kappa shape index (κ2) is 6.15. The number of hydrogen-bond donors (Lipinski definition) is 0. The number of fused-ring (bicyclic) bond motifs is 4. The maximum absolute atomic E-state index is 6.50. The number of ether oxygens (including phenoxy) is 1. The van der Waals surface area contributed by atoms with Gasteiger partial charge in [0, 0.05) is 34.3 Å². The summed E-state index contributed by atoms with van der Waals surface area (Å²) in [5.74, 6) is 0.784. The van der Waals surface area contributed by atoms with Crippen LogP contribution in [0.2, 0.25) is 10.0 Å². The maximum Gasteiger partial charge on any atom is 0.198 e. The molecule has 1 unspecified atom stereocenters. The Morgan fingerprint density at radius 1 is 1.12 bits per heavy atom. The summed E-state index contributed by atoms with van der Waals surface area (Å²) in [5.41, 5.74) is 2.88. The van der Waals surface area contributed by atoms with Crippen molar-refractivity contribution in [2.45, 2.75) is 43.9 Å². The molecule has 0 saturated heterocycles. The molecule has 1 spiro atoms. The van der Waals surface area contributed by atoms with Gasteiger partial charge in [-0.25, -0.2) is 5.01 Å². The minimum atomic E-state index is -0.383. The molecule has 1 saturated carbocycles. The average Bonchev–Trinajstić information content (AvgIpc) is 3.25. The van der Waals surface area contributed by atoms with E-state index in [9.17, 15) is 0 Å². The molecule has 2 aromatic rings. The van der Waals surface area contributed by atoms with Gasteiger partial charge < -0.3 is 4.74 Å². The third-order valence-corrected chi connectivity index (χ3v) is 6.61. The Morgan fingerprint density at radius 2 is 1.85 bits per heavy atom. The lowest BCUT2D eigenvalue weighted by Crippen LogP contribution is -2.51. The van der Waals surface area contributed by atoms with Crippen molar-refractivity contribution in [3.63, 3.8) is 0 Å². The van der Waals surface area contributed by atoms with Crippen LogP contribution >= 0.6 is 39.1 Å². The zero-order chi connectivity index (χ0) is 17.9. The molecule has 0 N–H and O–H groups in total. The van der Waals surface area contributed by atoms with Crippen LogP contribution in [0.4, 0.5) is 0 Å². The van der Waals surface area contributed by atoms with Gasteiger partial charge in [0.05, 0.1) is 16.8 Å². The van der Waals surface area contributed by atoms with Crippen LogP contribution in [-0.2, 0) is 0 Å². The monoisotopic (exact) mass is 450 g/mol. The Balaban J connectivity index is 1.62.